The van der Waals surface area contributed by atoms with Gasteiger partial charge in [-0.3, -0.25) is 24.7 Å². The average molecular weight is 491 g/mol. The molecule has 1 aliphatic carbocycles. The van der Waals surface area contributed by atoms with E-state index in [1.165, 1.54) is 12.6 Å². The zero-order valence-corrected chi connectivity index (χ0v) is 20.8. The lowest BCUT2D eigenvalue weighted by Gasteiger charge is -2.33. The average Bonchev–Trinajstić information content (AvgIpc) is 3.24. The van der Waals surface area contributed by atoms with Crippen molar-refractivity contribution >= 4 is 34.7 Å². The summed E-state index contributed by atoms with van der Waals surface area (Å²) in [4.78, 5) is 48.0. The van der Waals surface area contributed by atoms with Crippen LogP contribution in [0.3, 0.4) is 0 Å². The molecular weight excluding hydrogens is 456 g/mol. The Morgan fingerprint density at radius 1 is 1.11 bits per heavy atom. The fourth-order valence-electron chi connectivity index (χ4n) is 4.95. The van der Waals surface area contributed by atoms with Crippen LogP contribution in [0.5, 0.6) is 0 Å². The third kappa shape index (κ3) is 5.90. The number of primary amides is 1. The molecule has 0 unspecified atom stereocenters. The van der Waals surface area contributed by atoms with E-state index < -0.39 is 0 Å². The molecule has 0 saturated heterocycles. The van der Waals surface area contributed by atoms with Crippen molar-refractivity contribution in [3.63, 3.8) is 0 Å². The molecule has 0 bridgehead atoms. The van der Waals surface area contributed by atoms with Gasteiger partial charge < -0.3 is 15.2 Å². The molecule has 1 aliphatic rings. The predicted molar refractivity (Wildman–Crippen MR) is 139 cm³/mol. The standard InChI is InChI=1S/C27H34N6O3/c1-2-32(21-10-4-3-5-11-21)26(36)19-13-14-23-22(17-19)30-27(33(23)16-7-6-12-24(28)34)31-25(35)20-9-8-15-29-18-20/h8-9,13-15,17-18,21H,2-7,10-12,16H2,1H3,(H2,28,34)(H,30,31,35). The zero-order chi connectivity index (χ0) is 25.5. The first-order valence-electron chi connectivity index (χ1n) is 12.8. The molecule has 1 aromatic carbocycles. The van der Waals surface area contributed by atoms with Gasteiger partial charge in [0.15, 0.2) is 0 Å². The Hall–Kier alpha value is -3.75. The van der Waals surface area contributed by atoms with Gasteiger partial charge in [-0.05, 0) is 62.9 Å². The van der Waals surface area contributed by atoms with E-state index >= 15 is 0 Å². The molecule has 4 rings (SSSR count). The normalized spacial score (nSPS) is 14.0. The number of benzene rings is 1. The molecule has 36 heavy (non-hydrogen) atoms. The van der Waals surface area contributed by atoms with E-state index in [1.807, 2.05) is 34.6 Å². The van der Waals surface area contributed by atoms with Crippen molar-refractivity contribution in [2.24, 2.45) is 5.73 Å². The number of hydrogen-bond donors (Lipinski definition) is 2. The number of unbranched alkanes of at least 4 members (excludes halogenated alkanes) is 1. The first-order valence-corrected chi connectivity index (χ1v) is 12.8. The third-order valence-electron chi connectivity index (χ3n) is 6.82. The van der Waals surface area contributed by atoms with Gasteiger partial charge in [-0.25, -0.2) is 4.98 Å². The summed E-state index contributed by atoms with van der Waals surface area (Å²) >= 11 is 0. The van der Waals surface area contributed by atoms with Crippen LogP contribution in [0.1, 0.15) is 79.0 Å². The highest BCUT2D eigenvalue weighted by Gasteiger charge is 2.26. The molecular formula is C27H34N6O3. The van der Waals surface area contributed by atoms with Crippen molar-refractivity contribution in [3.05, 3.63) is 53.9 Å². The highest BCUT2D eigenvalue weighted by atomic mass is 16.2. The molecule has 3 aromatic rings. The SMILES string of the molecule is CCN(C(=O)c1ccc2c(c1)nc(NC(=O)c1cccnc1)n2CCCCC(N)=O)C1CCCCC1. The van der Waals surface area contributed by atoms with E-state index in [1.54, 1.807) is 18.3 Å². The second-order valence-electron chi connectivity index (χ2n) is 9.29. The van der Waals surface area contributed by atoms with Crippen molar-refractivity contribution in [3.8, 4) is 0 Å². The number of nitrogens with two attached hydrogens (primary N) is 1. The molecule has 2 aromatic heterocycles. The Labute approximate surface area is 211 Å². The highest BCUT2D eigenvalue weighted by molar-refractivity contribution is 6.04. The van der Waals surface area contributed by atoms with Gasteiger partial charge >= 0.3 is 0 Å². The second-order valence-corrected chi connectivity index (χ2v) is 9.29. The van der Waals surface area contributed by atoms with Gasteiger partial charge in [-0.15, -0.1) is 0 Å². The minimum atomic E-state index is -0.336. The largest absolute Gasteiger partial charge is 0.370 e. The van der Waals surface area contributed by atoms with Gasteiger partial charge in [0.25, 0.3) is 11.8 Å². The van der Waals surface area contributed by atoms with E-state index in [0.29, 0.717) is 54.9 Å². The number of nitrogens with zero attached hydrogens (tertiary/aromatic N) is 4. The van der Waals surface area contributed by atoms with E-state index in [9.17, 15) is 14.4 Å². The molecule has 190 valence electrons. The third-order valence-corrected chi connectivity index (χ3v) is 6.82. The Balaban J connectivity index is 1.62. The number of imidazole rings is 1. The zero-order valence-electron chi connectivity index (χ0n) is 20.8. The monoisotopic (exact) mass is 490 g/mol. The van der Waals surface area contributed by atoms with Gasteiger partial charge in [0, 0.05) is 43.5 Å². The van der Waals surface area contributed by atoms with Crippen LogP contribution in [-0.2, 0) is 11.3 Å². The lowest BCUT2D eigenvalue weighted by molar-refractivity contribution is -0.118. The number of rotatable bonds is 10. The summed E-state index contributed by atoms with van der Waals surface area (Å²) in [6.07, 6.45) is 10.4. The fourth-order valence-corrected chi connectivity index (χ4v) is 4.95. The fraction of sp³-hybridized carbons (Fsp3) is 0.444. The summed E-state index contributed by atoms with van der Waals surface area (Å²) in [6.45, 7) is 3.24. The Kier molecular flexibility index (Phi) is 8.30. The molecule has 2 heterocycles. The van der Waals surface area contributed by atoms with Gasteiger partial charge in [-0.1, -0.05) is 19.3 Å². The number of nitrogens with one attached hydrogen (secondary N) is 1. The topological polar surface area (TPSA) is 123 Å². The van der Waals surface area contributed by atoms with Crippen molar-refractivity contribution in [2.75, 3.05) is 11.9 Å². The van der Waals surface area contributed by atoms with Crippen LogP contribution in [0.15, 0.2) is 42.7 Å². The smallest absolute Gasteiger partial charge is 0.259 e. The molecule has 3 amide bonds. The maximum atomic E-state index is 13.4. The van der Waals surface area contributed by atoms with Crippen molar-refractivity contribution in [2.45, 2.75) is 70.9 Å². The van der Waals surface area contributed by atoms with Gasteiger partial charge in [0.1, 0.15) is 0 Å². The number of aryl methyl sites for hydroxylation is 1. The quantitative estimate of drug-likeness (QED) is 0.414. The molecule has 9 heteroatoms. The van der Waals surface area contributed by atoms with Gasteiger partial charge in [0.2, 0.25) is 11.9 Å². The summed E-state index contributed by atoms with van der Waals surface area (Å²) in [5.41, 5.74) is 7.75. The number of carbonyl (C=O) groups is 3. The lowest BCUT2D eigenvalue weighted by Crippen LogP contribution is -2.41. The number of aromatic nitrogens is 3. The summed E-state index contributed by atoms with van der Waals surface area (Å²) in [5.74, 6) is -0.245. The van der Waals surface area contributed by atoms with Gasteiger partial charge in [0.05, 0.1) is 16.6 Å². The number of fused-ring (bicyclic) bond motifs is 1. The first kappa shape index (κ1) is 25.3. The number of pyridine rings is 1. The van der Waals surface area contributed by atoms with E-state index in [0.717, 1.165) is 31.2 Å². The molecule has 3 N–H and O–H groups in total. The van der Waals surface area contributed by atoms with Crippen LogP contribution in [-0.4, -0.2) is 49.7 Å². The number of anilines is 1. The highest BCUT2D eigenvalue weighted by Crippen LogP contribution is 2.26. The first-order chi connectivity index (χ1) is 17.5. The number of carbonyl (C=O) groups excluding carboxylic acids is 3. The van der Waals surface area contributed by atoms with Crippen LogP contribution in [0.4, 0.5) is 5.95 Å². The van der Waals surface area contributed by atoms with E-state index in [2.05, 4.69) is 15.3 Å². The molecule has 1 fully saturated rings. The van der Waals surface area contributed by atoms with Crippen molar-refractivity contribution < 1.29 is 14.4 Å². The lowest BCUT2D eigenvalue weighted by atomic mass is 9.93. The summed E-state index contributed by atoms with van der Waals surface area (Å²) in [6, 6.07) is 9.20. The molecule has 0 spiro atoms. The Morgan fingerprint density at radius 2 is 1.92 bits per heavy atom. The van der Waals surface area contributed by atoms with Crippen LogP contribution in [0.25, 0.3) is 11.0 Å². The summed E-state index contributed by atoms with van der Waals surface area (Å²) in [5, 5.41) is 2.89. The van der Waals surface area contributed by atoms with Crippen LogP contribution < -0.4 is 11.1 Å². The number of hydrogen-bond acceptors (Lipinski definition) is 5. The van der Waals surface area contributed by atoms with Crippen molar-refractivity contribution in [1.82, 2.24) is 19.4 Å². The van der Waals surface area contributed by atoms with Crippen LogP contribution >= 0.6 is 0 Å². The predicted octanol–water partition coefficient (Wildman–Crippen LogP) is 4.13. The Bertz CT molecular complexity index is 1220. The molecule has 1 saturated carbocycles. The maximum Gasteiger partial charge on any atom is 0.259 e. The molecule has 0 aliphatic heterocycles. The van der Waals surface area contributed by atoms with Crippen LogP contribution in [0, 0.1) is 0 Å². The molecule has 9 nitrogen and oxygen atoms in total. The molecule has 0 radical (unpaired) electrons. The Morgan fingerprint density at radius 3 is 2.61 bits per heavy atom. The maximum absolute atomic E-state index is 13.4. The molecule has 0 atom stereocenters. The summed E-state index contributed by atoms with van der Waals surface area (Å²) in [7, 11) is 0. The van der Waals surface area contributed by atoms with Gasteiger partial charge in [-0.2, -0.15) is 0 Å². The van der Waals surface area contributed by atoms with Crippen molar-refractivity contribution in [1.29, 1.82) is 0 Å². The van der Waals surface area contributed by atoms with E-state index in [-0.39, 0.29) is 23.8 Å². The number of amides is 3. The minimum absolute atomic E-state index is 0.0169. The summed E-state index contributed by atoms with van der Waals surface area (Å²) < 4.78 is 1.91. The second kappa shape index (κ2) is 11.8. The van der Waals surface area contributed by atoms with Crippen LogP contribution in [0.2, 0.25) is 0 Å². The van der Waals surface area contributed by atoms with E-state index in [4.69, 9.17) is 5.73 Å². The minimum Gasteiger partial charge on any atom is -0.370 e.